The van der Waals surface area contributed by atoms with Crippen molar-refractivity contribution in [2.45, 2.75) is 55.8 Å². The summed E-state index contributed by atoms with van der Waals surface area (Å²) in [7, 11) is -4.02. The summed E-state index contributed by atoms with van der Waals surface area (Å²) in [6, 6.07) is 3.92. The second-order valence-electron chi connectivity index (χ2n) is 8.54. The number of rotatable bonds is 7. The molecule has 2 aliphatic rings. The van der Waals surface area contributed by atoms with Gasteiger partial charge in [-0.2, -0.15) is 0 Å². The van der Waals surface area contributed by atoms with Crippen molar-refractivity contribution >= 4 is 15.9 Å². The number of benzene rings is 1. The van der Waals surface area contributed by atoms with Crippen LogP contribution >= 0.6 is 0 Å². The summed E-state index contributed by atoms with van der Waals surface area (Å²) < 4.78 is 25.5. The van der Waals surface area contributed by atoms with Gasteiger partial charge in [0.15, 0.2) is 5.84 Å². The van der Waals surface area contributed by atoms with Crippen molar-refractivity contribution in [3.8, 4) is 0 Å². The molecule has 0 amide bonds. The fraction of sp³-hybridized carbons (Fsp3) is 0.650. The monoisotopic (exact) mass is 437 g/mol. The topological polar surface area (TPSA) is 175 Å². The zero-order valence-corrected chi connectivity index (χ0v) is 18.3. The summed E-state index contributed by atoms with van der Waals surface area (Å²) in [6.07, 6.45) is 6.51. The highest BCUT2D eigenvalue weighted by Crippen LogP contribution is 2.39. The SMILES string of the molecule is NCC1CCC(c2ccc(CC3CCNCC3)c(S(N)(=O)=O)c2/C(N)=N/NN)CC1. The number of sulfonamides is 1. The third-order valence-corrected chi connectivity index (χ3v) is 7.62. The smallest absolute Gasteiger partial charge is 0.239 e. The van der Waals surface area contributed by atoms with Crippen molar-refractivity contribution in [2.75, 3.05) is 19.6 Å². The highest BCUT2D eigenvalue weighted by molar-refractivity contribution is 7.89. The van der Waals surface area contributed by atoms with Gasteiger partial charge in [0.1, 0.15) is 0 Å². The number of nitrogens with two attached hydrogens (primary N) is 4. The van der Waals surface area contributed by atoms with E-state index in [4.69, 9.17) is 22.4 Å². The highest BCUT2D eigenvalue weighted by atomic mass is 32.2. The summed E-state index contributed by atoms with van der Waals surface area (Å²) >= 11 is 0. The highest BCUT2D eigenvalue weighted by Gasteiger charge is 2.31. The average molecular weight is 438 g/mol. The number of amidine groups is 1. The van der Waals surface area contributed by atoms with E-state index in [1.165, 1.54) is 0 Å². The minimum absolute atomic E-state index is 0.0460. The first-order chi connectivity index (χ1) is 14.3. The first kappa shape index (κ1) is 23.0. The van der Waals surface area contributed by atoms with E-state index in [-0.39, 0.29) is 16.6 Å². The van der Waals surface area contributed by atoms with Crippen molar-refractivity contribution < 1.29 is 8.42 Å². The molecular formula is C20H35N7O2S. The number of nitrogens with one attached hydrogen (secondary N) is 2. The minimum atomic E-state index is -4.02. The Hall–Kier alpha value is -1.72. The van der Waals surface area contributed by atoms with Gasteiger partial charge in [-0.05, 0) is 93.5 Å². The second kappa shape index (κ2) is 10.1. The van der Waals surface area contributed by atoms with Crippen molar-refractivity contribution in [1.29, 1.82) is 0 Å². The third-order valence-electron chi connectivity index (χ3n) is 6.58. The summed E-state index contributed by atoms with van der Waals surface area (Å²) in [4.78, 5) is 0.0935. The Morgan fingerprint density at radius 3 is 2.33 bits per heavy atom. The standard InChI is InChI=1S/C20H35N7O2S/c21-12-14-1-3-15(4-2-14)17-6-5-16(11-13-7-9-25-10-8-13)19(30(24,28)29)18(17)20(22)26-27-23/h5-6,13-15,25,27H,1-4,7-12,21,23H2,(H2,22,26)(H2,24,28,29). The molecule has 1 aromatic carbocycles. The predicted molar refractivity (Wildman–Crippen MR) is 119 cm³/mol. The molecule has 1 saturated carbocycles. The third kappa shape index (κ3) is 5.30. The maximum Gasteiger partial charge on any atom is 0.239 e. The number of primary sulfonamides is 1. The number of hydrazone groups is 1. The van der Waals surface area contributed by atoms with Gasteiger partial charge in [-0.15, -0.1) is 5.10 Å². The summed E-state index contributed by atoms with van der Waals surface area (Å²) in [5, 5.41) is 13.0. The van der Waals surface area contributed by atoms with Crippen LogP contribution in [0.5, 0.6) is 0 Å². The quantitative estimate of drug-likeness (QED) is 0.153. The molecule has 0 spiro atoms. The van der Waals surface area contributed by atoms with Crippen LogP contribution in [0.25, 0.3) is 0 Å². The Bertz CT molecular complexity index is 858. The van der Waals surface area contributed by atoms with Gasteiger partial charge in [0.2, 0.25) is 10.0 Å². The molecule has 1 saturated heterocycles. The fourth-order valence-electron chi connectivity index (χ4n) is 4.96. The summed E-state index contributed by atoms with van der Waals surface area (Å²) in [5.41, 5.74) is 16.2. The van der Waals surface area contributed by atoms with Crippen LogP contribution in [-0.2, 0) is 16.4 Å². The molecule has 0 unspecified atom stereocenters. The predicted octanol–water partition coefficient (Wildman–Crippen LogP) is 0.192. The Morgan fingerprint density at radius 1 is 1.10 bits per heavy atom. The van der Waals surface area contributed by atoms with Gasteiger partial charge in [0, 0.05) is 5.56 Å². The molecule has 0 radical (unpaired) electrons. The lowest BCUT2D eigenvalue weighted by molar-refractivity contribution is 0.332. The molecule has 1 aliphatic carbocycles. The molecule has 1 heterocycles. The van der Waals surface area contributed by atoms with Crippen LogP contribution in [0.15, 0.2) is 22.1 Å². The Balaban J connectivity index is 2.08. The second-order valence-corrected chi connectivity index (χ2v) is 10.0. The van der Waals surface area contributed by atoms with Crippen LogP contribution < -0.4 is 33.3 Å². The van der Waals surface area contributed by atoms with Crippen LogP contribution in [0.4, 0.5) is 0 Å². The lowest BCUT2D eigenvalue weighted by atomic mass is 9.76. The van der Waals surface area contributed by atoms with E-state index in [1.807, 2.05) is 12.1 Å². The van der Waals surface area contributed by atoms with E-state index >= 15 is 0 Å². The van der Waals surface area contributed by atoms with Crippen LogP contribution in [0.1, 0.15) is 61.1 Å². The Morgan fingerprint density at radius 2 is 1.77 bits per heavy atom. The van der Waals surface area contributed by atoms with E-state index in [9.17, 15) is 8.42 Å². The van der Waals surface area contributed by atoms with Gasteiger partial charge in [-0.25, -0.2) is 24.9 Å². The lowest BCUT2D eigenvalue weighted by Gasteiger charge is -2.30. The molecular weight excluding hydrogens is 402 g/mol. The van der Waals surface area contributed by atoms with E-state index in [0.29, 0.717) is 35.9 Å². The van der Waals surface area contributed by atoms with Gasteiger partial charge in [0.05, 0.1) is 4.90 Å². The normalized spacial score (nSPS) is 24.0. The van der Waals surface area contributed by atoms with Crippen molar-refractivity contribution in [1.82, 2.24) is 10.9 Å². The van der Waals surface area contributed by atoms with E-state index < -0.39 is 10.0 Å². The molecule has 3 rings (SSSR count). The van der Waals surface area contributed by atoms with Gasteiger partial charge in [-0.1, -0.05) is 12.1 Å². The number of nitrogens with zero attached hydrogens (tertiary/aromatic N) is 1. The van der Waals surface area contributed by atoms with Gasteiger partial charge < -0.3 is 16.8 Å². The van der Waals surface area contributed by atoms with E-state index in [2.05, 4.69) is 16.0 Å². The molecule has 0 atom stereocenters. The maximum atomic E-state index is 12.7. The molecule has 1 aliphatic heterocycles. The zero-order chi connectivity index (χ0) is 21.7. The molecule has 10 heteroatoms. The van der Waals surface area contributed by atoms with Crippen molar-refractivity contribution in [3.63, 3.8) is 0 Å². The number of hydrogen-bond acceptors (Lipinski definition) is 7. The molecule has 9 nitrogen and oxygen atoms in total. The molecule has 168 valence electrons. The van der Waals surface area contributed by atoms with Crippen molar-refractivity contribution in [3.05, 3.63) is 28.8 Å². The lowest BCUT2D eigenvalue weighted by Crippen LogP contribution is -2.31. The van der Waals surface area contributed by atoms with Gasteiger partial charge >= 0.3 is 0 Å². The Labute approximate surface area is 179 Å². The number of piperidine rings is 1. The number of hydrogen-bond donors (Lipinski definition) is 6. The molecule has 10 N–H and O–H groups in total. The van der Waals surface area contributed by atoms with Gasteiger partial charge in [0.25, 0.3) is 0 Å². The molecule has 0 bridgehead atoms. The van der Waals surface area contributed by atoms with Crippen LogP contribution in [0.2, 0.25) is 0 Å². The van der Waals surface area contributed by atoms with Crippen molar-refractivity contribution in [2.24, 2.45) is 39.4 Å². The van der Waals surface area contributed by atoms with Crippen LogP contribution in [-0.4, -0.2) is 33.9 Å². The largest absolute Gasteiger partial charge is 0.382 e. The van der Waals surface area contributed by atoms with Crippen LogP contribution in [0.3, 0.4) is 0 Å². The summed E-state index contributed by atoms with van der Waals surface area (Å²) in [5.74, 6) is 6.50. The summed E-state index contributed by atoms with van der Waals surface area (Å²) in [6.45, 7) is 2.55. The first-order valence-corrected chi connectivity index (χ1v) is 12.3. The van der Waals surface area contributed by atoms with Crippen LogP contribution in [0, 0.1) is 11.8 Å². The zero-order valence-electron chi connectivity index (χ0n) is 17.4. The average Bonchev–Trinajstić information content (AvgIpc) is 2.73. The van der Waals surface area contributed by atoms with Gasteiger partial charge in [-0.3, -0.25) is 0 Å². The van der Waals surface area contributed by atoms with E-state index in [1.54, 1.807) is 0 Å². The molecule has 2 fully saturated rings. The molecule has 0 aromatic heterocycles. The maximum absolute atomic E-state index is 12.7. The minimum Gasteiger partial charge on any atom is -0.382 e. The number of hydrazine groups is 1. The molecule has 1 aromatic rings. The Kier molecular flexibility index (Phi) is 7.70. The van der Waals surface area contributed by atoms with E-state index in [0.717, 1.165) is 57.2 Å². The fourth-order valence-corrected chi connectivity index (χ4v) is 5.99. The molecule has 30 heavy (non-hydrogen) atoms. The first-order valence-electron chi connectivity index (χ1n) is 10.7.